The van der Waals surface area contributed by atoms with Gasteiger partial charge in [-0.1, -0.05) is 79.8 Å². The van der Waals surface area contributed by atoms with Crippen molar-refractivity contribution < 1.29 is 29.3 Å². The van der Waals surface area contributed by atoms with Crippen LogP contribution in [0.3, 0.4) is 0 Å². The normalized spacial score (nSPS) is 12.9. The molecule has 0 saturated heterocycles. The molecule has 0 bridgehead atoms. The summed E-state index contributed by atoms with van der Waals surface area (Å²) in [6.07, 6.45) is 34.3. The molecule has 1 unspecified atom stereocenters. The van der Waals surface area contributed by atoms with Gasteiger partial charge in [-0.3, -0.25) is 14.6 Å². The summed E-state index contributed by atoms with van der Waals surface area (Å²) in [6.45, 7) is 1.34. The van der Waals surface area contributed by atoms with E-state index >= 15 is 0 Å². The number of hydrogen-bond acceptors (Lipinski definition) is 7. The minimum atomic E-state index is -1.07. The molecule has 0 aromatic carbocycles. The number of esters is 1. The second kappa shape index (κ2) is 27.5. The highest BCUT2D eigenvalue weighted by Gasteiger charge is 2.24. The maximum absolute atomic E-state index is 12.6. The number of aliphatic hydroxyl groups is 2. The molecule has 246 valence electrons. The van der Waals surface area contributed by atoms with E-state index in [9.17, 15) is 24.6 Å². The first-order chi connectivity index (χ1) is 22.0. The van der Waals surface area contributed by atoms with Crippen molar-refractivity contribution >= 4 is 17.8 Å². The lowest BCUT2D eigenvalue weighted by atomic mass is 10.1. The van der Waals surface area contributed by atoms with Gasteiger partial charge in [-0.25, -0.2) is 4.79 Å². The molecule has 1 rings (SSSR count). The highest BCUT2D eigenvalue weighted by Crippen LogP contribution is 2.05. The Kier molecular flexibility index (Phi) is 23.8. The van der Waals surface area contributed by atoms with E-state index in [1.807, 2.05) is 12.2 Å². The third kappa shape index (κ3) is 21.3. The molecule has 45 heavy (non-hydrogen) atoms. The number of nitrogens with one attached hydrogen (secondary N) is 2. The van der Waals surface area contributed by atoms with Gasteiger partial charge in [-0.05, 0) is 69.9 Å². The van der Waals surface area contributed by atoms with Gasteiger partial charge in [0, 0.05) is 25.4 Å². The molecule has 0 saturated carbocycles. The largest absolute Gasteiger partial charge is 0.456 e. The number of rotatable bonds is 24. The third-order valence-electron chi connectivity index (χ3n) is 6.32. The zero-order valence-electron chi connectivity index (χ0n) is 26.6. The van der Waals surface area contributed by atoms with Crippen molar-refractivity contribution in [3.63, 3.8) is 0 Å². The van der Waals surface area contributed by atoms with Gasteiger partial charge >= 0.3 is 5.97 Å². The van der Waals surface area contributed by atoms with Crippen LogP contribution in [-0.2, 0) is 14.3 Å². The number of hydrogen-bond donors (Lipinski definition) is 4. The third-order valence-corrected chi connectivity index (χ3v) is 6.32. The molecule has 1 atom stereocenters. The number of pyridine rings is 1. The zero-order chi connectivity index (χ0) is 32.8. The number of allylic oxidation sites excluding steroid dienone is 12. The summed E-state index contributed by atoms with van der Waals surface area (Å²) in [6, 6.07) is 2.33. The molecule has 1 aromatic rings. The molecule has 9 nitrogen and oxygen atoms in total. The highest BCUT2D eigenvalue weighted by atomic mass is 16.6. The van der Waals surface area contributed by atoms with Crippen molar-refractivity contribution in [3.05, 3.63) is 103 Å². The Morgan fingerprint density at radius 3 is 1.91 bits per heavy atom. The number of carbonyl (C=O) groups is 3. The average Bonchev–Trinajstić information content (AvgIpc) is 3.06. The molecule has 0 aliphatic heterocycles. The molecular weight excluding hydrogens is 570 g/mol. The molecular formula is C36H51N3O6. The van der Waals surface area contributed by atoms with Gasteiger partial charge in [-0.15, -0.1) is 0 Å². The number of nitrogens with zero attached hydrogens (tertiary/aromatic N) is 1. The molecule has 0 radical (unpaired) electrons. The van der Waals surface area contributed by atoms with Crippen molar-refractivity contribution in [3.8, 4) is 0 Å². The Bertz CT molecular complexity index is 1120. The summed E-state index contributed by atoms with van der Waals surface area (Å²) in [4.78, 5) is 41.2. The van der Waals surface area contributed by atoms with Crippen molar-refractivity contribution in [1.29, 1.82) is 0 Å². The van der Waals surface area contributed by atoms with Crippen molar-refractivity contribution in [2.45, 2.75) is 83.3 Å². The first-order valence-corrected chi connectivity index (χ1v) is 15.8. The van der Waals surface area contributed by atoms with Crippen molar-refractivity contribution in [2.24, 2.45) is 0 Å². The second-order valence-corrected chi connectivity index (χ2v) is 10.1. The Balaban J connectivity index is 2.33. The molecule has 1 aromatic heterocycles. The smallest absolute Gasteiger partial charge is 0.329 e. The maximum Gasteiger partial charge on any atom is 0.329 e. The van der Waals surface area contributed by atoms with Crippen molar-refractivity contribution in [1.82, 2.24) is 15.6 Å². The van der Waals surface area contributed by atoms with Crippen LogP contribution in [0.15, 0.2) is 97.4 Å². The van der Waals surface area contributed by atoms with E-state index in [1.165, 1.54) is 6.20 Å². The van der Waals surface area contributed by atoms with E-state index < -0.39 is 31.3 Å². The second-order valence-electron chi connectivity index (χ2n) is 10.1. The highest BCUT2D eigenvalue weighted by molar-refractivity contribution is 5.93. The summed E-state index contributed by atoms with van der Waals surface area (Å²) in [5.41, 5.74) is 0.421. The quantitative estimate of drug-likeness (QED) is 0.0684. The first-order valence-electron chi connectivity index (χ1n) is 15.8. The van der Waals surface area contributed by atoms with E-state index in [0.29, 0.717) is 18.4 Å². The maximum atomic E-state index is 12.6. The SMILES string of the molecule is CCC=CCC=CCC=CCC=CCC=CCC=CCCC(=O)NC(CCCNC(=O)c1cccnc1)C(=O)OC(CO)CO. The van der Waals surface area contributed by atoms with Crippen molar-refractivity contribution in [2.75, 3.05) is 19.8 Å². The first kappa shape index (κ1) is 38.9. The Morgan fingerprint density at radius 2 is 1.40 bits per heavy atom. The van der Waals surface area contributed by atoms with Gasteiger partial charge < -0.3 is 25.6 Å². The minimum Gasteiger partial charge on any atom is -0.456 e. The number of ether oxygens (including phenoxy) is 1. The zero-order valence-corrected chi connectivity index (χ0v) is 26.6. The predicted octanol–water partition coefficient (Wildman–Crippen LogP) is 5.45. The van der Waals surface area contributed by atoms with Gasteiger partial charge in [-0.2, -0.15) is 0 Å². The lowest BCUT2D eigenvalue weighted by molar-refractivity contribution is -0.157. The Morgan fingerprint density at radius 1 is 0.844 bits per heavy atom. The van der Waals surface area contributed by atoms with Gasteiger partial charge in [0.05, 0.1) is 18.8 Å². The summed E-state index contributed by atoms with van der Waals surface area (Å²) in [7, 11) is 0. The van der Waals surface area contributed by atoms with Gasteiger partial charge in [0.2, 0.25) is 5.91 Å². The fourth-order valence-electron chi connectivity index (χ4n) is 3.86. The van der Waals surface area contributed by atoms with Crippen LogP contribution in [0.1, 0.15) is 81.5 Å². The van der Waals surface area contributed by atoms with Gasteiger partial charge in [0.1, 0.15) is 12.1 Å². The molecule has 0 aliphatic carbocycles. The number of aromatic nitrogens is 1. The number of amides is 2. The minimum absolute atomic E-state index is 0.188. The molecule has 1 heterocycles. The Hall–Kier alpha value is -4.08. The van der Waals surface area contributed by atoms with E-state index in [2.05, 4.69) is 83.3 Å². The lowest BCUT2D eigenvalue weighted by Crippen LogP contribution is -2.44. The molecule has 2 amide bonds. The van der Waals surface area contributed by atoms with Crippen LogP contribution in [0.4, 0.5) is 0 Å². The molecule has 0 fully saturated rings. The summed E-state index contributed by atoms with van der Waals surface area (Å²) in [5, 5.41) is 23.9. The van der Waals surface area contributed by atoms with Crippen LogP contribution in [0.2, 0.25) is 0 Å². The molecule has 0 aliphatic rings. The van der Waals surface area contributed by atoms with E-state index in [4.69, 9.17) is 4.74 Å². The standard InChI is InChI=1S/C36H51N3O6/c1-2-3-4-5-6-7-8-9-10-11-12-13-14-15-16-17-18-19-20-25-34(42)39-33(36(44)45-32(29-40)30-41)24-22-27-38-35(43)31-23-21-26-37-28-31/h3-4,6-7,9-10,12-13,15-16,18-19,21,23,26,28,32-33,40-41H,2,5,8,11,14,17,20,22,24-25,27,29-30H2,1H3,(H,38,43)(H,39,42). The van der Waals surface area contributed by atoms with Crippen LogP contribution < -0.4 is 10.6 Å². The monoisotopic (exact) mass is 621 g/mol. The van der Waals surface area contributed by atoms with Gasteiger partial charge in [0.25, 0.3) is 5.91 Å². The summed E-state index contributed by atoms with van der Waals surface area (Å²) < 4.78 is 5.12. The van der Waals surface area contributed by atoms with Crippen LogP contribution in [0.25, 0.3) is 0 Å². The van der Waals surface area contributed by atoms with E-state index in [0.717, 1.165) is 38.5 Å². The van der Waals surface area contributed by atoms with Crippen LogP contribution >= 0.6 is 0 Å². The summed E-state index contributed by atoms with van der Waals surface area (Å²) in [5.74, 6) is -1.35. The van der Waals surface area contributed by atoms with E-state index in [1.54, 1.807) is 18.3 Å². The number of carbonyl (C=O) groups excluding carboxylic acids is 3. The van der Waals surface area contributed by atoms with Gasteiger partial charge in [0.15, 0.2) is 0 Å². The fraction of sp³-hybridized carbons (Fsp3) is 0.444. The lowest BCUT2D eigenvalue weighted by Gasteiger charge is -2.20. The molecule has 9 heteroatoms. The summed E-state index contributed by atoms with van der Waals surface area (Å²) >= 11 is 0. The van der Waals surface area contributed by atoms with E-state index in [-0.39, 0.29) is 31.2 Å². The van der Waals surface area contributed by atoms with Crippen LogP contribution in [0, 0.1) is 0 Å². The fourth-order valence-corrected chi connectivity index (χ4v) is 3.86. The topological polar surface area (TPSA) is 138 Å². The Labute approximate surface area is 268 Å². The predicted molar refractivity (Wildman–Crippen MR) is 179 cm³/mol. The molecule has 0 spiro atoms. The van der Waals surface area contributed by atoms with Crippen LogP contribution in [-0.4, -0.2) is 64.9 Å². The number of aliphatic hydroxyl groups excluding tert-OH is 2. The molecule has 4 N–H and O–H groups in total. The average molecular weight is 622 g/mol. The van der Waals surface area contributed by atoms with Crippen LogP contribution in [0.5, 0.6) is 0 Å².